The van der Waals surface area contributed by atoms with Gasteiger partial charge in [-0.25, -0.2) is 8.42 Å². The Kier molecular flexibility index (Phi) is 6.75. The zero-order valence-corrected chi connectivity index (χ0v) is 17.4. The van der Waals surface area contributed by atoms with E-state index in [0.29, 0.717) is 13.0 Å². The first-order chi connectivity index (χ1) is 13.4. The maximum Gasteiger partial charge on any atom is 0.226 e. The van der Waals surface area contributed by atoms with Gasteiger partial charge in [0.2, 0.25) is 11.8 Å². The van der Waals surface area contributed by atoms with Gasteiger partial charge in [0.1, 0.15) is 0 Å². The maximum atomic E-state index is 12.7. The molecule has 0 bridgehead atoms. The van der Waals surface area contributed by atoms with Crippen molar-refractivity contribution in [3.63, 3.8) is 0 Å². The summed E-state index contributed by atoms with van der Waals surface area (Å²) < 4.78 is 25.5. The van der Waals surface area contributed by atoms with Crippen LogP contribution in [-0.2, 0) is 25.8 Å². The molecule has 0 aromatic heterocycles. The van der Waals surface area contributed by atoms with Crippen LogP contribution in [0.4, 0.5) is 5.69 Å². The van der Waals surface area contributed by atoms with Gasteiger partial charge in [-0.2, -0.15) is 0 Å². The number of aryl methyl sites for hydroxylation is 1. The number of nitrogens with one attached hydrogen (secondary N) is 1. The van der Waals surface area contributed by atoms with Crippen molar-refractivity contribution < 1.29 is 18.0 Å². The van der Waals surface area contributed by atoms with Crippen molar-refractivity contribution in [2.45, 2.75) is 75.6 Å². The fourth-order valence-corrected chi connectivity index (χ4v) is 5.40. The van der Waals surface area contributed by atoms with Crippen molar-refractivity contribution >= 4 is 27.3 Å². The van der Waals surface area contributed by atoms with Gasteiger partial charge in [-0.1, -0.05) is 26.2 Å². The predicted molar refractivity (Wildman–Crippen MR) is 109 cm³/mol. The van der Waals surface area contributed by atoms with E-state index in [1.807, 2.05) is 6.92 Å². The average molecular weight is 407 g/mol. The van der Waals surface area contributed by atoms with E-state index in [-0.39, 0.29) is 34.9 Å². The molecule has 3 rings (SSSR count). The molecule has 1 fully saturated rings. The monoisotopic (exact) mass is 406 g/mol. The Morgan fingerprint density at radius 1 is 1.14 bits per heavy atom. The quantitative estimate of drug-likeness (QED) is 0.787. The van der Waals surface area contributed by atoms with Gasteiger partial charge in [-0.15, -0.1) is 0 Å². The van der Waals surface area contributed by atoms with E-state index in [0.717, 1.165) is 49.8 Å². The number of benzene rings is 1. The minimum absolute atomic E-state index is 0.0175. The Balaban J connectivity index is 1.65. The number of rotatable bonds is 6. The molecular formula is C21H30N2O4S. The van der Waals surface area contributed by atoms with E-state index in [1.165, 1.54) is 6.42 Å². The highest BCUT2D eigenvalue weighted by molar-refractivity contribution is 7.91. The van der Waals surface area contributed by atoms with Crippen LogP contribution in [0.3, 0.4) is 0 Å². The summed E-state index contributed by atoms with van der Waals surface area (Å²) in [6.45, 7) is 2.50. The number of carbonyl (C=O) groups excluding carboxylic acids is 2. The third kappa shape index (κ3) is 4.93. The SMILES string of the molecule is CCC(=O)N1CCCc2cc(S(=O)(=O)CCC(=O)NC3CCCCC3)ccc21. The number of carbonyl (C=O) groups is 2. The molecule has 1 N–H and O–H groups in total. The van der Waals surface area contributed by atoms with Crippen LogP contribution in [0.25, 0.3) is 0 Å². The normalized spacial score (nSPS) is 17.8. The van der Waals surface area contributed by atoms with Crippen molar-refractivity contribution in [2.24, 2.45) is 0 Å². The highest BCUT2D eigenvalue weighted by Gasteiger charge is 2.25. The average Bonchev–Trinajstić information content (AvgIpc) is 2.71. The Labute approximate surface area is 167 Å². The summed E-state index contributed by atoms with van der Waals surface area (Å²) in [5, 5.41) is 2.97. The summed E-state index contributed by atoms with van der Waals surface area (Å²) in [4.78, 5) is 26.3. The number of hydrogen-bond donors (Lipinski definition) is 1. The first kappa shape index (κ1) is 20.8. The van der Waals surface area contributed by atoms with E-state index >= 15 is 0 Å². The number of amides is 2. The summed E-state index contributed by atoms with van der Waals surface area (Å²) in [7, 11) is -3.54. The molecule has 2 amide bonds. The van der Waals surface area contributed by atoms with Crippen LogP contribution in [0.2, 0.25) is 0 Å². The number of nitrogens with zero attached hydrogens (tertiary/aromatic N) is 1. The summed E-state index contributed by atoms with van der Waals surface area (Å²) in [6, 6.07) is 5.17. The number of hydrogen-bond acceptors (Lipinski definition) is 4. The largest absolute Gasteiger partial charge is 0.353 e. The van der Waals surface area contributed by atoms with Crippen molar-refractivity contribution in [3.05, 3.63) is 23.8 Å². The highest BCUT2D eigenvalue weighted by Crippen LogP contribution is 2.30. The van der Waals surface area contributed by atoms with Gasteiger partial charge < -0.3 is 10.2 Å². The summed E-state index contributed by atoms with van der Waals surface area (Å²) in [5.74, 6) is -0.328. The van der Waals surface area contributed by atoms with Crippen molar-refractivity contribution in [1.29, 1.82) is 0 Å². The molecule has 154 valence electrons. The smallest absolute Gasteiger partial charge is 0.226 e. The van der Waals surface area contributed by atoms with Gasteiger partial charge in [0.15, 0.2) is 9.84 Å². The molecule has 1 saturated carbocycles. The topological polar surface area (TPSA) is 83.6 Å². The lowest BCUT2D eigenvalue weighted by atomic mass is 9.95. The number of anilines is 1. The van der Waals surface area contributed by atoms with Crippen LogP contribution in [-0.4, -0.2) is 38.6 Å². The van der Waals surface area contributed by atoms with Gasteiger partial charge in [-0.05, 0) is 49.4 Å². The van der Waals surface area contributed by atoms with Gasteiger partial charge in [0.05, 0.1) is 10.6 Å². The van der Waals surface area contributed by atoms with E-state index < -0.39 is 9.84 Å². The van der Waals surface area contributed by atoms with Crippen LogP contribution >= 0.6 is 0 Å². The van der Waals surface area contributed by atoms with E-state index in [4.69, 9.17) is 0 Å². The molecule has 0 spiro atoms. The number of fused-ring (bicyclic) bond motifs is 1. The molecule has 7 heteroatoms. The second-order valence-corrected chi connectivity index (χ2v) is 9.87. The Hall–Kier alpha value is -1.89. The van der Waals surface area contributed by atoms with Gasteiger partial charge in [0.25, 0.3) is 0 Å². The lowest BCUT2D eigenvalue weighted by Crippen LogP contribution is -2.37. The predicted octanol–water partition coefficient (Wildman–Crippen LogP) is 2.99. The maximum absolute atomic E-state index is 12.7. The minimum Gasteiger partial charge on any atom is -0.353 e. The number of sulfone groups is 1. The van der Waals surface area contributed by atoms with E-state index in [2.05, 4.69) is 5.32 Å². The van der Waals surface area contributed by atoms with Crippen LogP contribution < -0.4 is 10.2 Å². The second-order valence-electron chi connectivity index (χ2n) is 7.76. The molecular weight excluding hydrogens is 376 g/mol. The third-order valence-corrected chi connectivity index (χ3v) is 7.41. The minimum atomic E-state index is -3.54. The lowest BCUT2D eigenvalue weighted by Gasteiger charge is -2.29. The molecule has 1 aliphatic carbocycles. The molecule has 1 aliphatic heterocycles. The molecule has 1 heterocycles. The fraction of sp³-hybridized carbons (Fsp3) is 0.619. The molecule has 6 nitrogen and oxygen atoms in total. The van der Waals surface area contributed by atoms with Gasteiger partial charge >= 0.3 is 0 Å². The van der Waals surface area contributed by atoms with E-state index in [1.54, 1.807) is 23.1 Å². The highest BCUT2D eigenvalue weighted by atomic mass is 32.2. The van der Waals surface area contributed by atoms with Gasteiger partial charge in [-0.3, -0.25) is 9.59 Å². The van der Waals surface area contributed by atoms with Crippen LogP contribution in [0, 0.1) is 0 Å². The second kappa shape index (κ2) is 9.07. The van der Waals surface area contributed by atoms with Crippen molar-refractivity contribution in [3.8, 4) is 0 Å². The molecule has 0 saturated heterocycles. The molecule has 0 atom stereocenters. The Morgan fingerprint density at radius 3 is 2.61 bits per heavy atom. The van der Waals surface area contributed by atoms with E-state index in [9.17, 15) is 18.0 Å². The summed E-state index contributed by atoms with van der Waals surface area (Å²) in [6.07, 6.45) is 7.41. The Bertz CT molecular complexity index is 829. The molecule has 1 aromatic carbocycles. The first-order valence-electron chi connectivity index (χ1n) is 10.4. The van der Waals surface area contributed by atoms with Crippen LogP contribution in [0.1, 0.15) is 63.9 Å². The van der Waals surface area contributed by atoms with Crippen molar-refractivity contribution in [2.75, 3.05) is 17.2 Å². The lowest BCUT2D eigenvalue weighted by molar-refractivity contribution is -0.121. The fourth-order valence-electron chi connectivity index (χ4n) is 4.11. The summed E-state index contributed by atoms with van der Waals surface area (Å²) in [5.41, 5.74) is 1.70. The first-order valence-corrected chi connectivity index (χ1v) is 12.0. The standard InChI is InChI=1S/C21H30N2O4S/c1-2-21(25)23-13-6-7-16-15-18(10-11-19(16)23)28(26,27)14-12-20(24)22-17-8-4-3-5-9-17/h10-11,15,17H,2-9,12-14H2,1H3,(H,22,24). The van der Waals surface area contributed by atoms with Crippen molar-refractivity contribution in [1.82, 2.24) is 5.32 Å². The zero-order valence-electron chi connectivity index (χ0n) is 16.6. The summed E-state index contributed by atoms with van der Waals surface area (Å²) >= 11 is 0. The molecule has 0 unspecified atom stereocenters. The zero-order chi connectivity index (χ0) is 20.1. The van der Waals surface area contributed by atoms with Crippen LogP contribution in [0.5, 0.6) is 0 Å². The van der Waals surface area contributed by atoms with Gasteiger partial charge in [0, 0.05) is 31.1 Å². The third-order valence-electron chi connectivity index (χ3n) is 5.70. The van der Waals surface area contributed by atoms with Crippen LogP contribution in [0.15, 0.2) is 23.1 Å². The Morgan fingerprint density at radius 2 is 1.89 bits per heavy atom. The molecule has 2 aliphatic rings. The molecule has 1 aromatic rings. The molecule has 0 radical (unpaired) electrons. The molecule has 28 heavy (non-hydrogen) atoms.